The minimum absolute atomic E-state index is 0.240. The molecule has 1 aromatic rings. The van der Waals surface area contributed by atoms with E-state index in [-0.39, 0.29) is 11.6 Å². The Kier molecular flexibility index (Phi) is 3.78. The molecule has 5 heteroatoms. The minimum Gasteiger partial charge on any atom is -0.497 e. The van der Waals surface area contributed by atoms with Crippen molar-refractivity contribution in [2.75, 3.05) is 23.9 Å². The van der Waals surface area contributed by atoms with Crippen LogP contribution in [-0.4, -0.2) is 30.9 Å². The van der Waals surface area contributed by atoms with E-state index in [0.29, 0.717) is 6.54 Å². The van der Waals surface area contributed by atoms with E-state index in [4.69, 9.17) is 9.47 Å². The third-order valence-corrected chi connectivity index (χ3v) is 3.13. The molecule has 0 unspecified atom stereocenters. The third-order valence-electron chi connectivity index (χ3n) is 3.13. The Hall–Kier alpha value is -1.91. The van der Waals surface area contributed by atoms with E-state index in [0.717, 1.165) is 17.1 Å². The quantitative estimate of drug-likeness (QED) is 0.858. The number of carbonyl (C=O) groups excluding carboxylic acids is 1. The largest absolute Gasteiger partial charge is 0.497 e. The van der Waals surface area contributed by atoms with Crippen LogP contribution < -0.4 is 15.0 Å². The summed E-state index contributed by atoms with van der Waals surface area (Å²) >= 11 is 0. The predicted octanol–water partition coefficient (Wildman–Crippen LogP) is 3.64. The number of hydrogen-bond acceptors (Lipinski definition) is 4. The van der Waals surface area contributed by atoms with E-state index >= 15 is 0 Å². The van der Waals surface area contributed by atoms with E-state index in [1.54, 1.807) is 12.0 Å². The first-order chi connectivity index (χ1) is 9.61. The molecule has 0 spiro atoms. The van der Waals surface area contributed by atoms with Crippen LogP contribution in [0.1, 0.15) is 34.6 Å². The lowest BCUT2D eigenvalue weighted by Crippen LogP contribution is -2.51. The molecule has 1 aliphatic rings. The summed E-state index contributed by atoms with van der Waals surface area (Å²) in [4.78, 5) is 14.1. The highest BCUT2D eigenvalue weighted by atomic mass is 16.6. The fraction of sp³-hybridized carbons (Fsp3) is 0.562. The summed E-state index contributed by atoms with van der Waals surface area (Å²) in [5.41, 5.74) is 0.926. The van der Waals surface area contributed by atoms with Crippen LogP contribution in [0.4, 0.5) is 16.2 Å². The molecule has 2 rings (SSSR count). The van der Waals surface area contributed by atoms with Crippen LogP contribution in [0.5, 0.6) is 5.75 Å². The maximum Gasteiger partial charge on any atom is 0.414 e. The van der Waals surface area contributed by atoms with E-state index in [1.807, 2.05) is 52.8 Å². The molecule has 0 atom stereocenters. The van der Waals surface area contributed by atoms with Crippen molar-refractivity contribution < 1.29 is 14.3 Å². The Morgan fingerprint density at radius 2 is 2.00 bits per heavy atom. The van der Waals surface area contributed by atoms with Gasteiger partial charge in [0, 0.05) is 11.6 Å². The second kappa shape index (κ2) is 5.13. The third kappa shape index (κ3) is 3.60. The number of methoxy groups -OCH3 is 1. The van der Waals surface area contributed by atoms with Crippen molar-refractivity contribution in [3.63, 3.8) is 0 Å². The van der Waals surface area contributed by atoms with Crippen molar-refractivity contribution in [2.45, 2.75) is 45.8 Å². The van der Waals surface area contributed by atoms with Crippen LogP contribution in [-0.2, 0) is 4.74 Å². The van der Waals surface area contributed by atoms with Crippen molar-refractivity contribution in [3.05, 3.63) is 18.2 Å². The molecule has 1 aromatic carbocycles. The molecule has 21 heavy (non-hydrogen) atoms. The van der Waals surface area contributed by atoms with Gasteiger partial charge < -0.3 is 14.8 Å². The minimum atomic E-state index is -0.515. The van der Waals surface area contributed by atoms with Crippen molar-refractivity contribution in [1.29, 1.82) is 0 Å². The second-order valence-corrected chi connectivity index (χ2v) is 6.96. The van der Waals surface area contributed by atoms with Gasteiger partial charge >= 0.3 is 6.09 Å². The second-order valence-electron chi connectivity index (χ2n) is 6.96. The summed E-state index contributed by atoms with van der Waals surface area (Å²) in [5.74, 6) is 0.753. The van der Waals surface area contributed by atoms with E-state index in [2.05, 4.69) is 5.32 Å². The van der Waals surface area contributed by atoms with Gasteiger partial charge in [0.05, 0.1) is 25.0 Å². The van der Waals surface area contributed by atoms with Crippen LogP contribution in [0, 0.1) is 0 Å². The molecule has 0 saturated carbocycles. The van der Waals surface area contributed by atoms with Gasteiger partial charge in [-0.25, -0.2) is 4.79 Å². The molecule has 1 heterocycles. The zero-order valence-corrected chi connectivity index (χ0v) is 13.6. The number of fused-ring (bicyclic) bond motifs is 1. The van der Waals surface area contributed by atoms with Crippen molar-refractivity contribution in [3.8, 4) is 5.75 Å². The summed E-state index contributed by atoms with van der Waals surface area (Å²) in [5, 5.41) is 3.43. The number of nitrogens with one attached hydrogen (secondary N) is 1. The molecule has 5 nitrogen and oxygen atoms in total. The number of ether oxygens (including phenoxy) is 2. The van der Waals surface area contributed by atoms with Gasteiger partial charge in [-0.2, -0.15) is 0 Å². The molecular weight excluding hydrogens is 268 g/mol. The predicted molar refractivity (Wildman–Crippen MR) is 84.3 cm³/mol. The van der Waals surface area contributed by atoms with Gasteiger partial charge in [-0.05, 0) is 46.8 Å². The fourth-order valence-electron chi connectivity index (χ4n) is 2.34. The lowest BCUT2D eigenvalue weighted by molar-refractivity contribution is 0.0573. The molecule has 0 fully saturated rings. The summed E-state index contributed by atoms with van der Waals surface area (Å²) < 4.78 is 10.8. The first kappa shape index (κ1) is 15.5. The van der Waals surface area contributed by atoms with E-state index in [9.17, 15) is 4.79 Å². The average molecular weight is 292 g/mol. The normalized spacial score (nSPS) is 16.8. The van der Waals surface area contributed by atoms with Gasteiger partial charge in [-0.15, -0.1) is 0 Å². The van der Waals surface area contributed by atoms with Gasteiger partial charge in [-0.1, -0.05) is 0 Å². The Labute approximate surface area is 126 Å². The van der Waals surface area contributed by atoms with Gasteiger partial charge in [0.25, 0.3) is 0 Å². The molecule has 0 saturated heterocycles. The van der Waals surface area contributed by atoms with Crippen LogP contribution >= 0.6 is 0 Å². The maximum absolute atomic E-state index is 12.5. The zero-order valence-electron chi connectivity index (χ0n) is 13.6. The number of amides is 1. The molecule has 0 bridgehead atoms. The standard InChI is InChI=1S/C16H24N2O3/c1-15(2,3)21-14(19)18-10-16(4,5)17-12-9-11(20-6)7-8-13(12)18/h7-9,17H,10H2,1-6H3. The Balaban J connectivity index is 2.37. The monoisotopic (exact) mass is 292 g/mol. The van der Waals surface area contributed by atoms with Gasteiger partial charge in [-0.3, -0.25) is 4.90 Å². The molecule has 0 aromatic heterocycles. The topological polar surface area (TPSA) is 50.8 Å². The van der Waals surface area contributed by atoms with E-state index in [1.165, 1.54) is 0 Å². The summed E-state index contributed by atoms with van der Waals surface area (Å²) in [6.45, 7) is 10.2. The summed E-state index contributed by atoms with van der Waals surface area (Å²) in [7, 11) is 1.63. The molecule has 1 N–H and O–H groups in total. The lowest BCUT2D eigenvalue weighted by Gasteiger charge is -2.41. The van der Waals surface area contributed by atoms with Gasteiger partial charge in [0.2, 0.25) is 0 Å². The first-order valence-corrected chi connectivity index (χ1v) is 7.08. The Bertz CT molecular complexity index is 547. The summed E-state index contributed by atoms with van der Waals surface area (Å²) in [6.07, 6.45) is -0.330. The number of rotatable bonds is 1. The number of anilines is 2. The van der Waals surface area contributed by atoms with Gasteiger partial charge in [0.15, 0.2) is 0 Å². The number of benzene rings is 1. The Morgan fingerprint density at radius 3 is 2.57 bits per heavy atom. The number of hydrogen-bond donors (Lipinski definition) is 1. The number of carbonyl (C=O) groups is 1. The smallest absolute Gasteiger partial charge is 0.414 e. The van der Waals surface area contributed by atoms with Crippen LogP contribution in [0.2, 0.25) is 0 Å². The molecule has 0 aliphatic carbocycles. The average Bonchev–Trinajstić information content (AvgIpc) is 2.33. The first-order valence-electron chi connectivity index (χ1n) is 7.08. The highest BCUT2D eigenvalue weighted by molar-refractivity contribution is 5.94. The molecular formula is C16H24N2O3. The molecule has 116 valence electrons. The van der Waals surface area contributed by atoms with Crippen LogP contribution in [0.25, 0.3) is 0 Å². The highest BCUT2D eigenvalue weighted by Gasteiger charge is 2.35. The van der Waals surface area contributed by atoms with Crippen LogP contribution in [0.15, 0.2) is 18.2 Å². The highest BCUT2D eigenvalue weighted by Crippen LogP contribution is 2.37. The molecule has 1 aliphatic heterocycles. The van der Waals surface area contributed by atoms with Crippen LogP contribution in [0.3, 0.4) is 0 Å². The number of nitrogens with zero attached hydrogens (tertiary/aromatic N) is 1. The van der Waals surface area contributed by atoms with Crippen molar-refractivity contribution >= 4 is 17.5 Å². The van der Waals surface area contributed by atoms with Crippen molar-refractivity contribution in [2.24, 2.45) is 0 Å². The lowest BCUT2D eigenvalue weighted by atomic mass is 9.99. The van der Waals surface area contributed by atoms with Gasteiger partial charge in [0.1, 0.15) is 11.4 Å². The SMILES string of the molecule is COc1ccc2c(c1)NC(C)(C)CN2C(=O)OC(C)(C)C. The van der Waals surface area contributed by atoms with Crippen molar-refractivity contribution in [1.82, 2.24) is 0 Å². The molecule has 0 radical (unpaired) electrons. The zero-order chi connectivity index (χ0) is 15.8. The molecule has 1 amide bonds. The maximum atomic E-state index is 12.5. The van der Waals surface area contributed by atoms with E-state index < -0.39 is 5.60 Å². The summed E-state index contributed by atoms with van der Waals surface area (Å²) in [6, 6.07) is 5.62. The fourth-order valence-corrected chi connectivity index (χ4v) is 2.34. The Morgan fingerprint density at radius 1 is 1.33 bits per heavy atom.